The van der Waals surface area contributed by atoms with Gasteiger partial charge in [0.15, 0.2) is 0 Å². The quantitative estimate of drug-likeness (QED) is 0.330. The van der Waals surface area contributed by atoms with Gasteiger partial charge in [0.1, 0.15) is 11.6 Å². The lowest BCUT2D eigenvalue weighted by Gasteiger charge is -2.07. The number of methoxy groups -OCH3 is 1. The summed E-state index contributed by atoms with van der Waals surface area (Å²) in [5.41, 5.74) is 4.53. The normalized spacial score (nSPS) is 10.7. The highest BCUT2D eigenvalue weighted by molar-refractivity contribution is 6.04. The number of unbranched alkanes of at least 4 members (excludes halogenated alkanes) is 1. The highest BCUT2D eigenvalue weighted by Crippen LogP contribution is 2.24. The van der Waals surface area contributed by atoms with Gasteiger partial charge in [0, 0.05) is 28.9 Å². The van der Waals surface area contributed by atoms with Crippen LogP contribution in [0.1, 0.15) is 36.5 Å². The van der Waals surface area contributed by atoms with Crippen LogP contribution in [0.3, 0.4) is 0 Å². The first-order valence-corrected chi connectivity index (χ1v) is 10.9. The summed E-state index contributed by atoms with van der Waals surface area (Å²) in [5, 5.41) is 5.82. The Morgan fingerprint density at radius 2 is 1.67 bits per heavy atom. The fourth-order valence-corrected chi connectivity index (χ4v) is 3.44. The van der Waals surface area contributed by atoms with Crippen molar-refractivity contribution in [3.05, 3.63) is 72.3 Å². The third-order valence-corrected chi connectivity index (χ3v) is 5.29. The molecule has 7 heteroatoms. The Morgan fingerprint density at radius 1 is 0.939 bits per heavy atom. The minimum Gasteiger partial charge on any atom is -0.497 e. The minimum atomic E-state index is -0.192. The molecule has 0 aliphatic heterocycles. The molecule has 1 heterocycles. The summed E-state index contributed by atoms with van der Waals surface area (Å²) in [6.45, 7) is 2.06. The van der Waals surface area contributed by atoms with E-state index < -0.39 is 0 Å². The van der Waals surface area contributed by atoms with Crippen LogP contribution in [0.4, 0.5) is 11.4 Å². The Balaban J connectivity index is 1.44. The summed E-state index contributed by atoms with van der Waals surface area (Å²) in [6, 6.07) is 20.0. The van der Waals surface area contributed by atoms with Crippen molar-refractivity contribution in [2.45, 2.75) is 26.2 Å². The van der Waals surface area contributed by atoms with Gasteiger partial charge in [-0.05, 0) is 73.2 Å². The van der Waals surface area contributed by atoms with Gasteiger partial charge in [0.2, 0.25) is 5.91 Å². The number of nitrogens with zero attached hydrogens (tertiary/aromatic N) is 1. The predicted molar refractivity (Wildman–Crippen MR) is 131 cm³/mol. The number of benzene rings is 3. The van der Waals surface area contributed by atoms with Crippen molar-refractivity contribution >= 4 is 34.2 Å². The van der Waals surface area contributed by atoms with Gasteiger partial charge in [0.05, 0.1) is 18.1 Å². The second-order valence-electron chi connectivity index (χ2n) is 7.73. The monoisotopic (exact) mass is 442 g/mol. The van der Waals surface area contributed by atoms with E-state index in [9.17, 15) is 9.59 Å². The zero-order valence-electron chi connectivity index (χ0n) is 18.6. The molecule has 4 aromatic rings. The predicted octanol–water partition coefficient (Wildman–Crippen LogP) is 5.62. The molecule has 0 aliphatic rings. The molecule has 33 heavy (non-hydrogen) atoms. The highest BCUT2D eigenvalue weighted by atomic mass is 16.5. The Morgan fingerprint density at radius 3 is 2.36 bits per heavy atom. The first-order chi connectivity index (χ1) is 16.1. The molecule has 7 nitrogen and oxygen atoms in total. The summed E-state index contributed by atoms with van der Waals surface area (Å²) in [6.07, 6.45) is 2.38. The maximum atomic E-state index is 12.5. The average Bonchev–Trinajstić information content (AvgIpc) is 3.26. The number of imidazole rings is 1. The number of hydrogen-bond acceptors (Lipinski definition) is 4. The van der Waals surface area contributed by atoms with Crippen molar-refractivity contribution in [3.63, 3.8) is 0 Å². The lowest BCUT2D eigenvalue weighted by atomic mass is 10.1. The van der Waals surface area contributed by atoms with Crippen LogP contribution in [-0.4, -0.2) is 28.9 Å². The molecule has 168 valence electrons. The molecule has 2 amide bonds. The number of rotatable bonds is 8. The Labute approximate surface area is 192 Å². The second-order valence-corrected chi connectivity index (χ2v) is 7.73. The van der Waals surface area contributed by atoms with E-state index in [-0.39, 0.29) is 11.8 Å². The number of nitrogens with one attached hydrogen (secondary N) is 3. The molecule has 4 rings (SSSR count). The fraction of sp³-hybridized carbons (Fsp3) is 0.192. The molecule has 0 atom stereocenters. The zero-order valence-corrected chi connectivity index (χ0v) is 18.6. The van der Waals surface area contributed by atoms with E-state index in [0.29, 0.717) is 29.2 Å². The van der Waals surface area contributed by atoms with Gasteiger partial charge in [-0.1, -0.05) is 13.3 Å². The van der Waals surface area contributed by atoms with Crippen molar-refractivity contribution < 1.29 is 14.3 Å². The summed E-state index contributed by atoms with van der Waals surface area (Å²) in [7, 11) is 1.59. The third kappa shape index (κ3) is 5.38. The summed E-state index contributed by atoms with van der Waals surface area (Å²) >= 11 is 0. The summed E-state index contributed by atoms with van der Waals surface area (Å²) in [4.78, 5) is 32.4. The van der Waals surface area contributed by atoms with E-state index in [2.05, 4.69) is 27.5 Å². The van der Waals surface area contributed by atoms with E-state index in [4.69, 9.17) is 4.74 Å². The SMILES string of the molecule is CCCCC(=O)Nc1ccc2nc(-c3ccc(NC(=O)c4ccc(OC)cc4)cc3)[nH]c2c1. The summed E-state index contributed by atoms with van der Waals surface area (Å²) in [5.74, 6) is 1.24. The van der Waals surface area contributed by atoms with E-state index in [1.807, 2.05) is 42.5 Å². The van der Waals surface area contributed by atoms with E-state index in [0.717, 1.165) is 35.1 Å². The number of hydrogen-bond donors (Lipinski definition) is 3. The zero-order chi connectivity index (χ0) is 23.2. The van der Waals surface area contributed by atoms with Gasteiger partial charge in [-0.3, -0.25) is 9.59 Å². The number of fused-ring (bicyclic) bond motifs is 1. The topological polar surface area (TPSA) is 96.1 Å². The highest BCUT2D eigenvalue weighted by Gasteiger charge is 2.10. The van der Waals surface area contributed by atoms with Crippen LogP contribution in [0.25, 0.3) is 22.4 Å². The maximum Gasteiger partial charge on any atom is 0.255 e. The van der Waals surface area contributed by atoms with Crippen LogP contribution in [-0.2, 0) is 4.79 Å². The first kappa shape index (κ1) is 22.1. The van der Waals surface area contributed by atoms with Crippen LogP contribution in [0.5, 0.6) is 5.75 Å². The van der Waals surface area contributed by atoms with Crippen molar-refractivity contribution in [1.29, 1.82) is 0 Å². The smallest absolute Gasteiger partial charge is 0.255 e. The number of ether oxygens (including phenoxy) is 1. The number of H-pyrrole nitrogens is 1. The van der Waals surface area contributed by atoms with Crippen LogP contribution in [0, 0.1) is 0 Å². The van der Waals surface area contributed by atoms with Gasteiger partial charge in [-0.2, -0.15) is 0 Å². The van der Waals surface area contributed by atoms with Crippen LogP contribution < -0.4 is 15.4 Å². The largest absolute Gasteiger partial charge is 0.497 e. The molecular formula is C26H26N4O3. The molecule has 0 bridgehead atoms. The lowest BCUT2D eigenvalue weighted by molar-refractivity contribution is -0.116. The molecule has 0 saturated heterocycles. The van der Waals surface area contributed by atoms with E-state index in [1.165, 1.54) is 0 Å². The van der Waals surface area contributed by atoms with Crippen LogP contribution >= 0.6 is 0 Å². The Hall–Kier alpha value is -4.13. The molecule has 3 aromatic carbocycles. The third-order valence-electron chi connectivity index (χ3n) is 5.29. The van der Waals surface area contributed by atoms with Gasteiger partial charge < -0.3 is 20.4 Å². The van der Waals surface area contributed by atoms with Crippen LogP contribution in [0.15, 0.2) is 66.7 Å². The number of amides is 2. The van der Waals surface area contributed by atoms with Crippen LogP contribution in [0.2, 0.25) is 0 Å². The Bertz CT molecular complexity index is 1260. The maximum absolute atomic E-state index is 12.5. The van der Waals surface area contributed by atoms with Crippen molar-refractivity contribution in [1.82, 2.24) is 9.97 Å². The minimum absolute atomic E-state index is 0.0169. The van der Waals surface area contributed by atoms with Crippen molar-refractivity contribution in [2.24, 2.45) is 0 Å². The first-order valence-electron chi connectivity index (χ1n) is 10.9. The molecule has 0 unspecified atom stereocenters. The Kier molecular flexibility index (Phi) is 6.69. The molecule has 0 fully saturated rings. The molecular weight excluding hydrogens is 416 g/mol. The van der Waals surface area contributed by atoms with E-state index in [1.54, 1.807) is 31.4 Å². The molecule has 0 aliphatic carbocycles. The number of carbonyl (C=O) groups is 2. The van der Waals surface area contributed by atoms with Gasteiger partial charge in [-0.25, -0.2) is 4.98 Å². The second kappa shape index (κ2) is 9.99. The lowest BCUT2D eigenvalue weighted by Crippen LogP contribution is -2.11. The number of anilines is 2. The average molecular weight is 443 g/mol. The number of carbonyl (C=O) groups excluding carboxylic acids is 2. The molecule has 1 aromatic heterocycles. The van der Waals surface area contributed by atoms with Crippen molar-refractivity contribution in [3.8, 4) is 17.1 Å². The van der Waals surface area contributed by atoms with Crippen molar-refractivity contribution in [2.75, 3.05) is 17.7 Å². The fourth-order valence-electron chi connectivity index (χ4n) is 3.44. The number of aromatic amines is 1. The number of aromatic nitrogens is 2. The molecule has 0 saturated carbocycles. The van der Waals surface area contributed by atoms with E-state index >= 15 is 0 Å². The standard InChI is InChI=1S/C26H26N4O3/c1-3-4-5-24(31)27-20-12-15-22-23(16-20)30-25(29-22)17-6-10-19(11-7-17)28-26(32)18-8-13-21(33-2)14-9-18/h6-16H,3-5H2,1-2H3,(H,27,31)(H,28,32)(H,29,30). The summed E-state index contributed by atoms with van der Waals surface area (Å²) < 4.78 is 5.12. The molecule has 3 N–H and O–H groups in total. The molecule has 0 radical (unpaired) electrons. The van der Waals surface area contributed by atoms with Gasteiger partial charge >= 0.3 is 0 Å². The van der Waals surface area contributed by atoms with Gasteiger partial charge in [0.25, 0.3) is 5.91 Å². The van der Waals surface area contributed by atoms with Gasteiger partial charge in [-0.15, -0.1) is 0 Å². The molecule has 0 spiro atoms.